The van der Waals surface area contributed by atoms with Gasteiger partial charge in [-0.15, -0.1) is 0 Å². The number of amides is 2. The smallest absolute Gasteiger partial charge is 0.264 e. The predicted molar refractivity (Wildman–Crippen MR) is 173 cm³/mol. The first kappa shape index (κ1) is 32.3. The molecule has 9 heteroatoms. The third kappa shape index (κ3) is 8.26. The van der Waals surface area contributed by atoms with Crippen LogP contribution in [0.5, 0.6) is 11.5 Å². The number of nitrogens with zero attached hydrogens (tertiary/aromatic N) is 2. The Hall–Kier alpha value is -4.63. The zero-order valence-corrected chi connectivity index (χ0v) is 26.5. The lowest BCUT2D eigenvalue weighted by Crippen LogP contribution is -2.52. The Morgan fingerprint density at radius 3 is 1.86 bits per heavy atom. The molecule has 2 amide bonds. The van der Waals surface area contributed by atoms with E-state index in [4.69, 9.17) is 4.74 Å². The number of anilines is 1. The number of sulfonamides is 1. The molecule has 0 saturated carbocycles. The van der Waals surface area contributed by atoms with Gasteiger partial charge in [-0.05, 0) is 88.7 Å². The summed E-state index contributed by atoms with van der Waals surface area (Å²) in [4.78, 5) is 28.6. The van der Waals surface area contributed by atoms with Crippen molar-refractivity contribution in [1.29, 1.82) is 0 Å². The summed E-state index contributed by atoms with van der Waals surface area (Å²) in [6.07, 6.45) is 0. The van der Waals surface area contributed by atoms with Crippen LogP contribution in [0.3, 0.4) is 0 Å². The minimum atomic E-state index is -4.17. The molecule has 1 atom stereocenters. The van der Waals surface area contributed by atoms with Gasteiger partial charge >= 0.3 is 0 Å². The molecule has 0 aromatic heterocycles. The van der Waals surface area contributed by atoms with Crippen molar-refractivity contribution in [2.24, 2.45) is 0 Å². The molecule has 8 nitrogen and oxygen atoms in total. The van der Waals surface area contributed by atoms with E-state index in [0.29, 0.717) is 11.5 Å². The van der Waals surface area contributed by atoms with E-state index in [2.05, 4.69) is 5.32 Å². The molecule has 0 aliphatic carbocycles. The van der Waals surface area contributed by atoms with E-state index in [9.17, 15) is 18.0 Å². The summed E-state index contributed by atoms with van der Waals surface area (Å²) in [5.41, 5.74) is 3.08. The second kappa shape index (κ2) is 14.2. The first-order valence-corrected chi connectivity index (χ1v) is 16.0. The average molecular weight is 614 g/mol. The van der Waals surface area contributed by atoms with Crippen LogP contribution in [0.1, 0.15) is 37.5 Å². The van der Waals surface area contributed by atoms with Crippen LogP contribution in [0, 0.1) is 13.8 Å². The largest absolute Gasteiger partial charge is 0.457 e. The zero-order valence-electron chi connectivity index (χ0n) is 25.7. The second-order valence-corrected chi connectivity index (χ2v) is 12.9. The van der Waals surface area contributed by atoms with Crippen LogP contribution < -0.4 is 14.4 Å². The lowest BCUT2D eigenvalue weighted by Gasteiger charge is -2.32. The second-order valence-electron chi connectivity index (χ2n) is 11.1. The molecule has 1 N–H and O–H groups in total. The van der Waals surface area contributed by atoms with Gasteiger partial charge in [-0.1, -0.05) is 65.7 Å². The lowest BCUT2D eigenvalue weighted by molar-refractivity contribution is -0.139. The topological polar surface area (TPSA) is 96.0 Å². The van der Waals surface area contributed by atoms with E-state index in [0.717, 1.165) is 21.0 Å². The number of aryl methyl sites for hydroxylation is 2. The molecule has 230 valence electrons. The van der Waals surface area contributed by atoms with Gasteiger partial charge < -0.3 is 15.0 Å². The number of benzene rings is 4. The van der Waals surface area contributed by atoms with E-state index in [-0.39, 0.29) is 29.1 Å². The first-order chi connectivity index (χ1) is 20.9. The Balaban J connectivity index is 1.70. The molecule has 0 radical (unpaired) electrons. The molecular weight excluding hydrogens is 574 g/mol. The molecule has 0 unspecified atom stereocenters. The van der Waals surface area contributed by atoms with E-state index in [1.54, 1.807) is 43.3 Å². The third-order valence-electron chi connectivity index (χ3n) is 7.06. The molecule has 0 aliphatic heterocycles. The van der Waals surface area contributed by atoms with E-state index >= 15 is 0 Å². The fourth-order valence-corrected chi connectivity index (χ4v) is 5.96. The summed E-state index contributed by atoms with van der Waals surface area (Å²) in [7, 11) is -4.17. The molecule has 4 aromatic rings. The van der Waals surface area contributed by atoms with Gasteiger partial charge in [0, 0.05) is 12.6 Å². The summed E-state index contributed by atoms with van der Waals surface area (Å²) in [5.74, 6) is 0.312. The zero-order chi connectivity index (χ0) is 31.9. The van der Waals surface area contributed by atoms with E-state index in [1.807, 2.05) is 82.3 Å². The van der Waals surface area contributed by atoms with Crippen LogP contribution in [0.2, 0.25) is 0 Å². The number of hydrogen-bond donors (Lipinski definition) is 1. The highest BCUT2D eigenvalue weighted by Crippen LogP contribution is 2.29. The molecule has 0 saturated heterocycles. The summed E-state index contributed by atoms with van der Waals surface area (Å²) in [6.45, 7) is 8.80. The van der Waals surface area contributed by atoms with Crippen molar-refractivity contribution in [2.45, 2.75) is 58.1 Å². The molecule has 0 heterocycles. The summed E-state index contributed by atoms with van der Waals surface area (Å²) < 4.78 is 35.1. The van der Waals surface area contributed by atoms with Crippen LogP contribution in [-0.2, 0) is 26.2 Å². The Labute approximate surface area is 260 Å². The number of hydrogen-bond acceptors (Lipinski definition) is 5. The number of rotatable bonds is 12. The fraction of sp³-hybridized carbons (Fsp3) is 0.257. The van der Waals surface area contributed by atoms with Crippen molar-refractivity contribution in [3.63, 3.8) is 0 Å². The van der Waals surface area contributed by atoms with Crippen molar-refractivity contribution in [3.8, 4) is 11.5 Å². The highest BCUT2D eigenvalue weighted by Gasteiger charge is 2.32. The van der Waals surface area contributed by atoms with E-state index in [1.165, 1.54) is 17.0 Å². The maximum atomic E-state index is 14.1. The van der Waals surface area contributed by atoms with Gasteiger partial charge in [0.2, 0.25) is 11.8 Å². The molecule has 4 aromatic carbocycles. The minimum Gasteiger partial charge on any atom is -0.457 e. The molecule has 4 rings (SSSR count). The fourth-order valence-electron chi connectivity index (χ4n) is 4.55. The lowest BCUT2D eigenvalue weighted by atomic mass is 10.1. The van der Waals surface area contributed by atoms with Crippen LogP contribution >= 0.6 is 0 Å². The van der Waals surface area contributed by atoms with Gasteiger partial charge in [-0.3, -0.25) is 13.9 Å². The standard InChI is InChI=1S/C35H39N3O5S/c1-25(2)36-35(40)28(5)37(23-29-15-11-26(3)12-16-29)34(39)24-38(44(41,42)33-21-13-27(4)14-22-33)30-17-19-32(20-18-30)43-31-9-7-6-8-10-31/h6-22,25,28H,23-24H2,1-5H3,(H,36,40)/t28-/m1/s1. The number of carbonyl (C=O) groups is 2. The number of para-hydroxylation sites is 1. The third-order valence-corrected chi connectivity index (χ3v) is 8.85. The van der Waals surface area contributed by atoms with Crippen molar-refractivity contribution in [2.75, 3.05) is 10.8 Å². The Kier molecular flexibility index (Phi) is 10.4. The quantitative estimate of drug-likeness (QED) is 0.204. The molecule has 44 heavy (non-hydrogen) atoms. The normalized spacial score (nSPS) is 12.0. The SMILES string of the molecule is Cc1ccc(CN(C(=O)CN(c2ccc(Oc3ccccc3)cc2)S(=O)(=O)c2ccc(C)cc2)[C@H](C)C(=O)NC(C)C)cc1. The highest BCUT2D eigenvalue weighted by molar-refractivity contribution is 7.92. The van der Waals surface area contributed by atoms with Crippen LogP contribution in [-0.4, -0.2) is 43.8 Å². The van der Waals surface area contributed by atoms with Gasteiger partial charge in [0.25, 0.3) is 10.0 Å². The van der Waals surface area contributed by atoms with Gasteiger partial charge in [-0.25, -0.2) is 8.42 Å². The monoisotopic (exact) mass is 613 g/mol. The number of carbonyl (C=O) groups excluding carboxylic acids is 2. The van der Waals surface area contributed by atoms with Gasteiger partial charge in [-0.2, -0.15) is 0 Å². The molecule has 0 aliphatic rings. The van der Waals surface area contributed by atoms with Crippen molar-refractivity contribution in [3.05, 3.63) is 120 Å². The average Bonchev–Trinajstić information content (AvgIpc) is 3.00. The van der Waals surface area contributed by atoms with Crippen LogP contribution in [0.4, 0.5) is 5.69 Å². The van der Waals surface area contributed by atoms with Crippen molar-refractivity contribution >= 4 is 27.5 Å². The molecule has 0 spiro atoms. The first-order valence-electron chi connectivity index (χ1n) is 14.5. The number of nitrogens with one attached hydrogen (secondary N) is 1. The number of ether oxygens (including phenoxy) is 1. The van der Waals surface area contributed by atoms with Crippen LogP contribution in [0.25, 0.3) is 0 Å². The highest BCUT2D eigenvalue weighted by atomic mass is 32.2. The predicted octanol–water partition coefficient (Wildman–Crippen LogP) is 6.23. The Morgan fingerprint density at radius 2 is 1.30 bits per heavy atom. The van der Waals surface area contributed by atoms with Gasteiger partial charge in [0.1, 0.15) is 24.1 Å². The van der Waals surface area contributed by atoms with E-state index < -0.39 is 28.5 Å². The van der Waals surface area contributed by atoms with Gasteiger partial charge in [0.05, 0.1) is 10.6 Å². The summed E-state index contributed by atoms with van der Waals surface area (Å²) in [5, 5.41) is 2.87. The van der Waals surface area contributed by atoms with Crippen LogP contribution in [0.15, 0.2) is 108 Å². The molecule has 0 bridgehead atoms. The Bertz CT molecular complexity index is 1650. The summed E-state index contributed by atoms with van der Waals surface area (Å²) >= 11 is 0. The minimum absolute atomic E-state index is 0.0520. The Morgan fingerprint density at radius 1 is 0.750 bits per heavy atom. The molecular formula is C35H39N3O5S. The molecule has 0 fully saturated rings. The maximum Gasteiger partial charge on any atom is 0.264 e. The summed E-state index contributed by atoms with van der Waals surface area (Å²) in [6, 6.07) is 28.9. The van der Waals surface area contributed by atoms with Gasteiger partial charge in [0.15, 0.2) is 0 Å². The van der Waals surface area contributed by atoms with Crippen molar-refractivity contribution in [1.82, 2.24) is 10.2 Å². The maximum absolute atomic E-state index is 14.1. The van der Waals surface area contributed by atoms with Crippen molar-refractivity contribution < 1.29 is 22.7 Å².